The largest absolute Gasteiger partial charge is 0.219 e. The van der Waals surface area contributed by atoms with Gasteiger partial charge in [0, 0.05) is 26.5 Å². The average molecular weight is 555 g/mol. The van der Waals surface area contributed by atoms with Gasteiger partial charge in [-0.25, -0.2) is 26.0 Å². The lowest BCUT2D eigenvalue weighted by atomic mass is 9.91. The summed E-state index contributed by atoms with van der Waals surface area (Å²) >= 11 is 1.33. The zero-order chi connectivity index (χ0) is 27.2. The number of aryl methyl sites for hydroxylation is 1. The highest BCUT2D eigenvalue weighted by Crippen LogP contribution is 2.49. The van der Waals surface area contributed by atoms with E-state index in [4.69, 9.17) is 0 Å². The van der Waals surface area contributed by atoms with E-state index in [1.165, 1.54) is 17.4 Å². The normalized spacial score (nSPS) is 14.7. The van der Waals surface area contributed by atoms with Crippen LogP contribution in [-0.4, -0.2) is 8.42 Å². The summed E-state index contributed by atoms with van der Waals surface area (Å²) in [4.78, 5) is 1.07. The minimum atomic E-state index is -4.10. The number of rotatable bonds is 6. The van der Waals surface area contributed by atoms with Gasteiger partial charge in [0.2, 0.25) is 9.84 Å². The van der Waals surface area contributed by atoms with Gasteiger partial charge in [0.1, 0.15) is 0 Å². The lowest BCUT2D eigenvalue weighted by Crippen LogP contribution is -2.07. The molecule has 0 radical (unpaired) electrons. The summed E-state index contributed by atoms with van der Waals surface area (Å²) < 4.78 is 87.7. The number of hydrogen-bond acceptors (Lipinski definition) is 3. The smallest absolute Gasteiger partial charge is 0.203 e. The molecule has 0 fully saturated rings. The Hall–Kier alpha value is -3.49. The Bertz CT molecular complexity index is 1720. The highest BCUT2D eigenvalue weighted by molar-refractivity contribution is 8.04. The molecule has 1 aromatic heterocycles. The van der Waals surface area contributed by atoms with Crippen molar-refractivity contribution in [2.24, 2.45) is 0 Å². The molecule has 0 bridgehead atoms. The van der Waals surface area contributed by atoms with Crippen molar-refractivity contribution >= 4 is 31.7 Å². The molecule has 0 unspecified atom stereocenters. The van der Waals surface area contributed by atoms with Crippen molar-refractivity contribution in [3.05, 3.63) is 117 Å². The second-order valence-corrected chi connectivity index (χ2v) is 11.8. The summed E-state index contributed by atoms with van der Waals surface area (Å²) in [6.07, 6.45) is 1.59. The summed E-state index contributed by atoms with van der Waals surface area (Å²) in [5.74, 6) is -7.12. The summed E-state index contributed by atoms with van der Waals surface area (Å²) in [5.41, 5.74) is 0.120. The van der Waals surface area contributed by atoms with Crippen molar-refractivity contribution in [1.29, 1.82) is 0 Å². The Morgan fingerprint density at radius 1 is 0.711 bits per heavy atom. The van der Waals surface area contributed by atoms with Gasteiger partial charge in [-0.05, 0) is 41.7 Å². The van der Waals surface area contributed by atoms with E-state index in [1.807, 2.05) is 37.3 Å². The quantitative estimate of drug-likeness (QED) is 0.136. The van der Waals surface area contributed by atoms with Crippen molar-refractivity contribution < 1.29 is 26.0 Å². The molecular formula is C30H22F4O2S2. The molecular weight excluding hydrogens is 532 g/mol. The Balaban J connectivity index is 1.85. The van der Waals surface area contributed by atoms with E-state index in [2.05, 4.69) is 0 Å². The molecule has 4 aromatic rings. The van der Waals surface area contributed by atoms with Gasteiger partial charge < -0.3 is 0 Å². The third-order valence-electron chi connectivity index (χ3n) is 6.56. The first-order valence-corrected chi connectivity index (χ1v) is 14.3. The van der Waals surface area contributed by atoms with Crippen LogP contribution in [0.4, 0.5) is 17.6 Å². The number of halogens is 4. The van der Waals surface area contributed by atoms with Crippen molar-refractivity contribution in [2.45, 2.75) is 26.7 Å². The Morgan fingerprint density at radius 3 is 1.82 bits per heavy atom. The van der Waals surface area contributed by atoms with Crippen molar-refractivity contribution in [3.63, 3.8) is 0 Å². The van der Waals surface area contributed by atoms with Crippen LogP contribution in [0.25, 0.3) is 32.0 Å². The van der Waals surface area contributed by atoms with Crippen molar-refractivity contribution in [3.8, 4) is 21.6 Å². The molecule has 0 spiro atoms. The molecule has 5 rings (SSSR count). The predicted molar refractivity (Wildman–Crippen MR) is 145 cm³/mol. The summed E-state index contributed by atoms with van der Waals surface area (Å²) in [7, 11) is -4.10. The molecule has 0 aliphatic carbocycles. The summed E-state index contributed by atoms with van der Waals surface area (Å²) in [5, 5.41) is 0. The highest BCUT2D eigenvalue weighted by atomic mass is 32.2. The van der Waals surface area contributed by atoms with Crippen LogP contribution in [0.1, 0.15) is 36.3 Å². The molecule has 2 heterocycles. The second-order valence-electron chi connectivity index (χ2n) is 8.74. The summed E-state index contributed by atoms with van der Waals surface area (Å²) in [6.45, 7) is 3.39. The maximum atomic E-state index is 15.7. The van der Waals surface area contributed by atoms with Gasteiger partial charge >= 0.3 is 0 Å². The molecule has 2 nitrogen and oxygen atoms in total. The molecule has 0 N–H and O–H groups in total. The zero-order valence-corrected chi connectivity index (χ0v) is 22.1. The highest BCUT2D eigenvalue weighted by Gasteiger charge is 2.37. The lowest BCUT2D eigenvalue weighted by molar-refractivity contribution is 0.409. The fourth-order valence-electron chi connectivity index (χ4n) is 4.78. The van der Waals surface area contributed by atoms with Crippen LogP contribution in [0.3, 0.4) is 0 Å². The van der Waals surface area contributed by atoms with Gasteiger partial charge in [0.25, 0.3) is 0 Å². The SMILES string of the molecule is CCC1=C(c2c(F)c(F)c(F)c(F)c2-c2cc(-c3ccccc3)sc2CC)C=C(c2ccccc2)S1(=O)=O. The van der Waals surface area contributed by atoms with Crippen LogP contribution in [0, 0.1) is 23.3 Å². The molecule has 0 amide bonds. The van der Waals surface area contributed by atoms with Gasteiger partial charge in [0.05, 0.1) is 9.81 Å². The van der Waals surface area contributed by atoms with Gasteiger partial charge in [-0.3, -0.25) is 0 Å². The van der Waals surface area contributed by atoms with Gasteiger partial charge in [-0.15, -0.1) is 11.3 Å². The molecule has 1 aliphatic rings. The first-order chi connectivity index (χ1) is 18.2. The van der Waals surface area contributed by atoms with E-state index in [9.17, 15) is 17.2 Å². The van der Waals surface area contributed by atoms with E-state index < -0.39 is 44.2 Å². The van der Waals surface area contributed by atoms with E-state index in [-0.39, 0.29) is 27.4 Å². The van der Waals surface area contributed by atoms with Crippen LogP contribution in [0.5, 0.6) is 0 Å². The van der Waals surface area contributed by atoms with E-state index in [0.717, 1.165) is 10.4 Å². The molecule has 3 aromatic carbocycles. The molecule has 1 aliphatic heterocycles. The first-order valence-electron chi connectivity index (χ1n) is 12.0. The van der Waals surface area contributed by atoms with Gasteiger partial charge in [-0.1, -0.05) is 74.5 Å². The number of hydrogen-bond donors (Lipinski definition) is 0. The van der Waals surface area contributed by atoms with Crippen LogP contribution in [0.15, 0.2) is 77.7 Å². The van der Waals surface area contributed by atoms with Crippen molar-refractivity contribution in [1.82, 2.24) is 0 Å². The summed E-state index contributed by atoms with van der Waals surface area (Å²) in [6, 6.07) is 19.0. The third kappa shape index (κ3) is 4.12. The minimum absolute atomic E-state index is 0.0521. The maximum Gasteiger partial charge on any atom is 0.203 e. The second kappa shape index (κ2) is 10.0. The van der Waals surface area contributed by atoms with E-state index in [0.29, 0.717) is 16.9 Å². The standard InChI is InChI=1S/C30H22F4O2S2/c1-3-21-19(15-22(37-21)17-11-7-5-8-12-17)25-26(28(32)30(34)29(33)27(25)31)20-16-24(18-13-9-6-10-14-18)38(35,36)23(20)4-2/h5-16H,3-4H2,1-2H3. The van der Waals surface area contributed by atoms with Crippen LogP contribution in [0.2, 0.25) is 0 Å². The van der Waals surface area contributed by atoms with Crippen molar-refractivity contribution in [2.75, 3.05) is 0 Å². The third-order valence-corrected chi connectivity index (χ3v) is 9.98. The fourth-order valence-corrected chi connectivity index (χ4v) is 7.71. The molecule has 0 saturated heterocycles. The Kier molecular flexibility index (Phi) is 6.88. The Labute approximate surface area is 222 Å². The number of benzene rings is 3. The van der Waals surface area contributed by atoms with E-state index >= 15 is 8.78 Å². The lowest BCUT2D eigenvalue weighted by Gasteiger charge is -2.15. The molecule has 0 saturated carbocycles. The fraction of sp³-hybridized carbons (Fsp3) is 0.133. The van der Waals surface area contributed by atoms with Crippen LogP contribution in [-0.2, 0) is 16.3 Å². The topological polar surface area (TPSA) is 34.1 Å². The minimum Gasteiger partial charge on any atom is -0.219 e. The monoisotopic (exact) mass is 554 g/mol. The maximum absolute atomic E-state index is 15.7. The molecule has 8 heteroatoms. The number of thiophene rings is 1. The molecule has 0 atom stereocenters. The average Bonchev–Trinajstić information content (AvgIpc) is 3.47. The Morgan fingerprint density at radius 2 is 1.26 bits per heavy atom. The van der Waals surface area contributed by atoms with Gasteiger partial charge in [-0.2, -0.15) is 0 Å². The van der Waals surface area contributed by atoms with Crippen LogP contribution >= 0.6 is 11.3 Å². The number of allylic oxidation sites excluding steroid dienone is 3. The molecule has 38 heavy (non-hydrogen) atoms. The van der Waals surface area contributed by atoms with Gasteiger partial charge in [0.15, 0.2) is 23.3 Å². The van der Waals surface area contributed by atoms with Crippen LogP contribution < -0.4 is 0 Å². The first kappa shape index (κ1) is 26.1. The molecule has 194 valence electrons. The van der Waals surface area contributed by atoms with E-state index in [1.54, 1.807) is 43.3 Å². The number of sulfone groups is 1. The predicted octanol–water partition coefficient (Wildman–Crippen LogP) is 8.79. The zero-order valence-electron chi connectivity index (χ0n) is 20.5.